The molecule has 0 aromatic heterocycles. The van der Waals surface area contributed by atoms with Gasteiger partial charge in [-0.1, -0.05) is 54.2 Å². The molecule has 3 heteroatoms. The van der Waals surface area contributed by atoms with E-state index in [9.17, 15) is 0 Å². The predicted molar refractivity (Wildman–Crippen MR) is 89.5 cm³/mol. The maximum atomic E-state index is 8.73. The molecule has 0 fully saturated rings. The molecule has 3 rings (SSSR count). The van der Waals surface area contributed by atoms with Gasteiger partial charge >= 0.3 is 0 Å². The van der Waals surface area contributed by atoms with Crippen molar-refractivity contribution in [3.63, 3.8) is 0 Å². The average molecular weight is 295 g/mol. The Kier molecular flexibility index (Phi) is 5.73. The number of phenolic OH excluding ortho intramolecular Hbond substituents is 1. The molecule has 0 unspecified atom stereocenters. The van der Waals surface area contributed by atoms with Gasteiger partial charge in [-0.05, 0) is 36.4 Å². The van der Waals surface area contributed by atoms with Crippen LogP contribution in [-0.4, -0.2) is 5.11 Å². The third-order valence-electron chi connectivity index (χ3n) is 2.59. The standard InChI is InChI=1S/C12H10S.C6H7NO/c1-3-7-11(8-4-1)13-12-9-5-2-6-10-12;7-5-2-1-3-6(8)4-5/h1-10H;1-4,8H,7H2. The van der Waals surface area contributed by atoms with E-state index in [1.54, 1.807) is 30.0 Å². The zero-order valence-electron chi connectivity index (χ0n) is 11.5. The summed E-state index contributed by atoms with van der Waals surface area (Å²) in [4.78, 5) is 2.57. The summed E-state index contributed by atoms with van der Waals surface area (Å²) < 4.78 is 0. The van der Waals surface area contributed by atoms with Gasteiger partial charge in [-0.25, -0.2) is 0 Å². The Bertz CT molecular complexity index is 602. The van der Waals surface area contributed by atoms with Crippen molar-refractivity contribution in [2.24, 2.45) is 0 Å². The molecule has 0 heterocycles. The lowest BCUT2D eigenvalue weighted by Crippen LogP contribution is -1.80. The van der Waals surface area contributed by atoms with Gasteiger partial charge in [-0.2, -0.15) is 0 Å². The fraction of sp³-hybridized carbons (Fsp3) is 0. The topological polar surface area (TPSA) is 46.2 Å². The molecule has 0 atom stereocenters. The number of benzene rings is 3. The summed E-state index contributed by atoms with van der Waals surface area (Å²) in [6.07, 6.45) is 0. The quantitative estimate of drug-likeness (QED) is 0.667. The molecule has 3 N–H and O–H groups in total. The fourth-order valence-corrected chi connectivity index (χ4v) is 2.50. The van der Waals surface area contributed by atoms with E-state index in [4.69, 9.17) is 10.8 Å². The summed E-state index contributed by atoms with van der Waals surface area (Å²) in [7, 11) is 0. The molecule has 0 aliphatic rings. The second-order valence-corrected chi connectivity index (χ2v) is 5.47. The second kappa shape index (κ2) is 8.02. The van der Waals surface area contributed by atoms with Crippen molar-refractivity contribution in [3.8, 4) is 5.75 Å². The lowest BCUT2D eigenvalue weighted by atomic mass is 10.3. The fourth-order valence-electron chi connectivity index (χ4n) is 1.64. The number of rotatable bonds is 2. The van der Waals surface area contributed by atoms with Crippen LogP contribution in [0.15, 0.2) is 94.7 Å². The Labute approximate surface area is 129 Å². The lowest BCUT2D eigenvalue weighted by Gasteiger charge is -1.99. The molecule has 3 aromatic carbocycles. The summed E-state index contributed by atoms with van der Waals surface area (Å²) in [5, 5.41) is 8.73. The van der Waals surface area contributed by atoms with E-state index in [2.05, 4.69) is 48.5 Å². The van der Waals surface area contributed by atoms with Crippen molar-refractivity contribution in [1.29, 1.82) is 0 Å². The van der Waals surface area contributed by atoms with Crippen LogP contribution in [0.2, 0.25) is 0 Å². The minimum Gasteiger partial charge on any atom is -0.508 e. The van der Waals surface area contributed by atoms with E-state index in [0.717, 1.165) is 0 Å². The molecule has 3 aromatic rings. The maximum Gasteiger partial charge on any atom is 0.117 e. The minimum atomic E-state index is 0.213. The average Bonchev–Trinajstić information content (AvgIpc) is 2.50. The summed E-state index contributed by atoms with van der Waals surface area (Å²) in [5.74, 6) is 0.213. The van der Waals surface area contributed by atoms with Crippen LogP contribution >= 0.6 is 11.8 Å². The van der Waals surface area contributed by atoms with Gasteiger partial charge in [0.2, 0.25) is 0 Å². The van der Waals surface area contributed by atoms with Crippen LogP contribution in [-0.2, 0) is 0 Å². The summed E-state index contributed by atoms with van der Waals surface area (Å²) in [6, 6.07) is 27.3. The van der Waals surface area contributed by atoms with Crippen molar-refractivity contribution in [2.75, 3.05) is 5.73 Å². The van der Waals surface area contributed by atoms with Crippen LogP contribution in [0, 0.1) is 0 Å². The molecule has 21 heavy (non-hydrogen) atoms. The Morgan fingerprint density at radius 3 is 1.57 bits per heavy atom. The minimum absolute atomic E-state index is 0.213. The molecule has 0 spiro atoms. The number of hydrogen-bond donors (Lipinski definition) is 2. The zero-order valence-corrected chi connectivity index (χ0v) is 12.3. The first kappa shape index (κ1) is 15.0. The van der Waals surface area contributed by atoms with Crippen LogP contribution in [0.1, 0.15) is 0 Å². The molecular weight excluding hydrogens is 278 g/mol. The molecule has 0 aliphatic heterocycles. The van der Waals surface area contributed by atoms with Crippen LogP contribution < -0.4 is 5.73 Å². The normalized spacial score (nSPS) is 9.52. The van der Waals surface area contributed by atoms with Crippen LogP contribution in [0.5, 0.6) is 5.75 Å². The van der Waals surface area contributed by atoms with Gasteiger partial charge in [0.05, 0.1) is 0 Å². The van der Waals surface area contributed by atoms with E-state index in [1.165, 1.54) is 15.9 Å². The highest BCUT2D eigenvalue weighted by molar-refractivity contribution is 7.99. The van der Waals surface area contributed by atoms with E-state index in [1.807, 2.05) is 12.1 Å². The molecule has 106 valence electrons. The van der Waals surface area contributed by atoms with Crippen molar-refractivity contribution in [3.05, 3.63) is 84.9 Å². The second-order valence-electron chi connectivity index (χ2n) is 4.32. The number of phenols is 1. The largest absolute Gasteiger partial charge is 0.508 e. The third-order valence-corrected chi connectivity index (χ3v) is 3.61. The highest BCUT2D eigenvalue weighted by Crippen LogP contribution is 2.26. The van der Waals surface area contributed by atoms with E-state index < -0.39 is 0 Å². The molecule has 0 saturated carbocycles. The van der Waals surface area contributed by atoms with Crippen LogP contribution in [0.3, 0.4) is 0 Å². The van der Waals surface area contributed by atoms with Crippen molar-refractivity contribution < 1.29 is 5.11 Å². The Hall–Kier alpha value is -2.39. The van der Waals surface area contributed by atoms with Gasteiger partial charge < -0.3 is 10.8 Å². The zero-order chi connectivity index (χ0) is 14.9. The monoisotopic (exact) mass is 295 g/mol. The SMILES string of the molecule is Nc1cccc(O)c1.c1ccc(Sc2ccccc2)cc1. The van der Waals surface area contributed by atoms with E-state index in [0.29, 0.717) is 5.69 Å². The van der Waals surface area contributed by atoms with Gasteiger partial charge in [-0.15, -0.1) is 0 Å². The predicted octanol–water partition coefficient (Wildman–Crippen LogP) is 4.81. The van der Waals surface area contributed by atoms with Crippen molar-refractivity contribution in [2.45, 2.75) is 9.79 Å². The first-order valence-corrected chi connectivity index (χ1v) is 7.38. The highest BCUT2D eigenvalue weighted by Gasteiger charge is 1.93. The Balaban J connectivity index is 0.000000173. The van der Waals surface area contributed by atoms with Crippen LogP contribution in [0.25, 0.3) is 0 Å². The van der Waals surface area contributed by atoms with Crippen LogP contribution in [0.4, 0.5) is 5.69 Å². The number of aromatic hydroxyl groups is 1. The third kappa shape index (κ3) is 5.63. The van der Waals surface area contributed by atoms with Crippen molar-refractivity contribution >= 4 is 17.4 Å². The van der Waals surface area contributed by atoms with Gasteiger partial charge in [0, 0.05) is 21.5 Å². The molecule has 0 bridgehead atoms. The Morgan fingerprint density at radius 2 is 1.19 bits per heavy atom. The molecule has 0 aliphatic carbocycles. The van der Waals surface area contributed by atoms with Gasteiger partial charge in [0.25, 0.3) is 0 Å². The first-order chi connectivity index (χ1) is 10.2. The molecular formula is C18H17NOS. The van der Waals surface area contributed by atoms with E-state index in [-0.39, 0.29) is 5.75 Å². The molecule has 0 saturated heterocycles. The summed E-state index contributed by atoms with van der Waals surface area (Å²) in [5.41, 5.74) is 5.89. The molecule has 0 amide bonds. The lowest BCUT2D eigenvalue weighted by molar-refractivity contribution is 0.475. The maximum absolute atomic E-state index is 8.73. The van der Waals surface area contributed by atoms with Crippen molar-refractivity contribution in [1.82, 2.24) is 0 Å². The van der Waals surface area contributed by atoms with Gasteiger partial charge in [0.15, 0.2) is 0 Å². The number of hydrogen-bond acceptors (Lipinski definition) is 3. The molecule has 0 radical (unpaired) electrons. The highest BCUT2D eigenvalue weighted by atomic mass is 32.2. The number of anilines is 1. The number of nitrogens with two attached hydrogens (primary N) is 1. The Morgan fingerprint density at radius 1 is 0.667 bits per heavy atom. The van der Waals surface area contributed by atoms with Gasteiger partial charge in [0.1, 0.15) is 5.75 Å². The van der Waals surface area contributed by atoms with Gasteiger partial charge in [-0.3, -0.25) is 0 Å². The summed E-state index contributed by atoms with van der Waals surface area (Å²) >= 11 is 1.79. The number of nitrogen functional groups attached to an aromatic ring is 1. The molecule has 2 nitrogen and oxygen atoms in total. The first-order valence-electron chi connectivity index (χ1n) is 6.56. The van der Waals surface area contributed by atoms with E-state index >= 15 is 0 Å². The smallest absolute Gasteiger partial charge is 0.117 e. The summed E-state index contributed by atoms with van der Waals surface area (Å²) in [6.45, 7) is 0.